The topological polar surface area (TPSA) is 41.1 Å². The van der Waals surface area contributed by atoms with Gasteiger partial charge in [-0.15, -0.1) is 0 Å². The number of urea groups is 1. The monoisotopic (exact) mass is 284 g/mol. The molecule has 0 saturated heterocycles. The lowest BCUT2D eigenvalue weighted by molar-refractivity contribution is 0.253. The molecule has 0 aliphatic heterocycles. The fourth-order valence-electron chi connectivity index (χ4n) is 2.60. The van der Waals surface area contributed by atoms with E-state index in [0.717, 1.165) is 23.4 Å². The lowest BCUT2D eigenvalue weighted by atomic mass is 9.94. The summed E-state index contributed by atoms with van der Waals surface area (Å²) < 4.78 is 0. The number of benzene rings is 1. The van der Waals surface area contributed by atoms with Crippen LogP contribution < -0.4 is 10.6 Å². The summed E-state index contributed by atoms with van der Waals surface area (Å²) in [6.45, 7) is 10.4. The Morgan fingerprint density at radius 3 is 2.33 bits per heavy atom. The van der Waals surface area contributed by atoms with E-state index in [1.807, 2.05) is 19.1 Å². The molecule has 112 valence electrons. The van der Waals surface area contributed by atoms with Crippen LogP contribution in [0.5, 0.6) is 0 Å². The molecule has 21 heavy (non-hydrogen) atoms. The van der Waals surface area contributed by atoms with Gasteiger partial charge in [-0.3, -0.25) is 0 Å². The maximum Gasteiger partial charge on any atom is 0.323 e. The zero-order valence-corrected chi connectivity index (χ0v) is 13.5. The number of anilines is 1. The summed E-state index contributed by atoms with van der Waals surface area (Å²) in [7, 11) is 0. The molecule has 3 nitrogen and oxygen atoms in total. The molecule has 1 aromatic rings. The molecule has 0 fully saturated rings. The van der Waals surface area contributed by atoms with Gasteiger partial charge in [0.05, 0.1) is 0 Å². The highest BCUT2D eigenvalue weighted by molar-refractivity contribution is 5.91. The summed E-state index contributed by atoms with van der Waals surface area (Å²) in [5.74, 6) is 0.349. The zero-order chi connectivity index (χ0) is 15.6. The van der Waals surface area contributed by atoms with Crippen molar-refractivity contribution in [2.24, 2.45) is 5.92 Å². The van der Waals surface area contributed by atoms with Crippen molar-refractivity contribution >= 4 is 11.7 Å². The Morgan fingerprint density at radius 2 is 1.67 bits per heavy atom. The molecule has 0 spiro atoms. The van der Waals surface area contributed by atoms with Crippen LogP contribution in [0.15, 0.2) is 35.6 Å². The summed E-state index contributed by atoms with van der Waals surface area (Å²) in [6.07, 6.45) is 5.06. The third-order valence-electron chi connectivity index (χ3n) is 4.05. The highest BCUT2D eigenvalue weighted by Crippen LogP contribution is 2.23. The number of aryl methyl sites for hydroxylation is 3. The molecule has 1 atom stereocenters. The van der Waals surface area contributed by atoms with E-state index < -0.39 is 0 Å². The van der Waals surface area contributed by atoms with Crippen molar-refractivity contribution < 1.29 is 4.79 Å². The van der Waals surface area contributed by atoms with Crippen molar-refractivity contribution in [3.63, 3.8) is 0 Å². The van der Waals surface area contributed by atoms with E-state index in [1.54, 1.807) is 0 Å². The van der Waals surface area contributed by atoms with Gasteiger partial charge in [0.15, 0.2) is 0 Å². The first-order valence-corrected chi connectivity index (χ1v) is 7.40. The van der Waals surface area contributed by atoms with E-state index in [4.69, 9.17) is 0 Å². The number of nitrogens with one attached hydrogen (secondary N) is 2. The summed E-state index contributed by atoms with van der Waals surface area (Å²) >= 11 is 0. The predicted octanol–water partition coefficient (Wildman–Crippen LogP) is 4.60. The quantitative estimate of drug-likeness (QED) is 0.818. The first kappa shape index (κ1) is 15.4. The molecule has 1 unspecified atom stereocenters. The fraction of sp³-hybridized carbons (Fsp3) is 0.389. The average molecular weight is 284 g/mol. The standard InChI is InChI=1S/C18H24N2O/c1-11-6-7-16(14(4)8-11)19-18(21)20-17-10-13(3)12(2)9-15(17)5/h6-7,9-10,14H,8H2,1-5H3,(H2,19,20,21). The van der Waals surface area contributed by atoms with Crippen LogP contribution in [0, 0.1) is 26.7 Å². The van der Waals surface area contributed by atoms with Crippen molar-refractivity contribution in [3.8, 4) is 0 Å². The highest BCUT2D eigenvalue weighted by atomic mass is 16.2. The van der Waals surface area contributed by atoms with E-state index in [0.29, 0.717) is 5.92 Å². The van der Waals surface area contributed by atoms with Gasteiger partial charge >= 0.3 is 6.03 Å². The number of rotatable bonds is 2. The van der Waals surface area contributed by atoms with E-state index in [2.05, 4.69) is 50.5 Å². The van der Waals surface area contributed by atoms with Crippen molar-refractivity contribution in [3.05, 3.63) is 52.2 Å². The van der Waals surface area contributed by atoms with Gasteiger partial charge in [-0.25, -0.2) is 4.79 Å². The van der Waals surface area contributed by atoms with Crippen LogP contribution in [0.3, 0.4) is 0 Å². The van der Waals surface area contributed by atoms with Crippen molar-refractivity contribution in [1.82, 2.24) is 5.32 Å². The minimum atomic E-state index is -0.174. The van der Waals surface area contributed by atoms with Crippen LogP contribution in [-0.4, -0.2) is 6.03 Å². The average Bonchev–Trinajstić information content (AvgIpc) is 2.39. The second-order valence-corrected chi connectivity index (χ2v) is 6.07. The second-order valence-electron chi connectivity index (χ2n) is 6.07. The third-order valence-corrected chi connectivity index (χ3v) is 4.05. The first-order chi connectivity index (χ1) is 9.86. The minimum absolute atomic E-state index is 0.174. The minimum Gasteiger partial charge on any atom is -0.311 e. The Kier molecular flexibility index (Phi) is 4.51. The number of carbonyl (C=O) groups excluding carboxylic acids is 1. The van der Waals surface area contributed by atoms with Crippen molar-refractivity contribution in [2.75, 3.05) is 5.32 Å². The normalized spacial score (nSPS) is 17.9. The lowest BCUT2D eigenvalue weighted by Gasteiger charge is -2.21. The van der Waals surface area contributed by atoms with E-state index in [9.17, 15) is 4.79 Å². The zero-order valence-electron chi connectivity index (χ0n) is 13.5. The Balaban J connectivity index is 2.07. The Bertz CT molecular complexity index is 626. The maximum atomic E-state index is 12.2. The Labute approximate surface area is 127 Å². The molecule has 2 rings (SSSR count). The fourth-order valence-corrected chi connectivity index (χ4v) is 2.60. The second kappa shape index (κ2) is 6.17. The molecule has 1 aromatic carbocycles. The molecule has 0 heterocycles. The van der Waals surface area contributed by atoms with Gasteiger partial charge in [-0.1, -0.05) is 24.6 Å². The summed E-state index contributed by atoms with van der Waals surface area (Å²) in [6, 6.07) is 3.94. The van der Waals surface area contributed by atoms with Crippen LogP contribution in [0.4, 0.5) is 10.5 Å². The van der Waals surface area contributed by atoms with Crippen molar-refractivity contribution in [2.45, 2.75) is 41.0 Å². The molecular formula is C18H24N2O. The predicted molar refractivity (Wildman–Crippen MR) is 88.4 cm³/mol. The molecular weight excluding hydrogens is 260 g/mol. The van der Waals surface area contributed by atoms with Gasteiger partial charge in [-0.05, 0) is 62.9 Å². The number of carbonyl (C=O) groups is 1. The molecule has 0 saturated carbocycles. The van der Waals surface area contributed by atoms with Gasteiger partial charge in [-0.2, -0.15) is 0 Å². The SMILES string of the molecule is CC1=CC=C(NC(=O)Nc2cc(C)c(C)cc2C)C(C)C1. The molecule has 1 aliphatic carbocycles. The molecule has 3 heteroatoms. The Morgan fingerprint density at radius 1 is 1.00 bits per heavy atom. The molecule has 2 amide bonds. The van der Waals surface area contributed by atoms with Crippen LogP contribution >= 0.6 is 0 Å². The highest BCUT2D eigenvalue weighted by Gasteiger charge is 2.15. The lowest BCUT2D eigenvalue weighted by Crippen LogP contribution is -2.31. The molecule has 0 aromatic heterocycles. The van der Waals surface area contributed by atoms with Crippen LogP contribution in [-0.2, 0) is 0 Å². The third kappa shape index (κ3) is 3.75. The molecule has 2 N–H and O–H groups in total. The van der Waals surface area contributed by atoms with E-state index in [-0.39, 0.29) is 6.03 Å². The molecule has 0 radical (unpaired) electrons. The molecule has 1 aliphatic rings. The summed E-state index contributed by atoms with van der Waals surface area (Å²) in [5.41, 5.74) is 6.68. The molecule has 0 bridgehead atoms. The van der Waals surface area contributed by atoms with Crippen LogP contribution in [0.1, 0.15) is 37.0 Å². The first-order valence-electron chi connectivity index (χ1n) is 7.40. The van der Waals surface area contributed by atoms with Crippen LogP contribution in [0.2, 0.25) is 0 Å². The maximum absolute atomic E-state index is 12.2. The van der Waals surface area contributed by atoms with Gasteiger partial charge < -0.3 is 10.6 Å². The van der Waals surface area contributed by atoms with Gasteiger partial charge in [0, 0.05) is 17.3 Å². The van der Waals surface area contributed by atoms with Gasteiger partial charge in [0.1, 0.15) is 0 Å². The van der Waals surface area contributed by atoms with Crippen LogP contribution in [0.25, 0.3) is 0 Å². The summed E-state index contributed by atoms with van der Waals surface area (Å²) in [5, 5.41) is 5.91. The van der Waals surface area contributed by atoms with Gasteiger partial charge in [0.2, 0.25) is 0 Å². The number of hydrogen-bond acceptors (Lipinski definition) is 1. The largest absolute Gasteiger partial charge is 0.323 e. The van der Waals surface area contributed by atoms with E-state index >= 15 is 0 Å². The summed E-state index contributed by atoms with van der Waals surface area (Å²) in [4.78, 5) is 12.2. The number of hydrogen-bond donors (Lipinski definition) is 2. The van der Waals surface area contributed by atoms with Crippen molar-refractivity contribution in [1.29, 1.82) is 0 Å². The number of amides is 2. The van der Waals surface area contributed by atoms with Gasteiger partial charge in [0.25, 0.3) is 0 Å². The Hall–Kier alpha value is -2.03. The van der Waals surface area contributed by atoms with E-state index in [1.165, 1.54) is 16.7 Å². The smallest absolute Gasteiger partial charge is 0.311 e. The number of allylic oxidation sites excluding steroid dienone is 4.